The number of oxazole rings is 1. The number of benzene rings is 1. The molecule has 0 aliphatic carbocycles. The van der Waals surface area contributed by atoms with E-state index in [1.807, 2.05) is 42.9 Å². The van der Waals surface area contributed by atoms with Gasteiger partial charge in [-0.05, 0) is 13.0 Å². The number of hydrogen-bond acceptors (Lipinski definition) is 4. The highest BCUT2D eigenvalue weighted by Gasteiger charge is 2.15. The summed E-state index contributed by atoms with van der Waals surface area (Å²) in [7, 11) is 1.91. The molecule has 0 bridgehead atoms. The van der Waals surface area contributed by atoms with Crippen LogP contribution in [0.15, 0.2) is 34.9 Å². The third kappa shape index (κ3) is 1.60. The first kappa shape index (κ1) is 11.0. The normalized spacial score (nSPS) is 13.1. The number of fused-ring (bicyclic) bond motifs is 1. The van der Waals surface area contributed by atoms with Gasteiger partial charge in [-0.1, -0.05) is 18.2 Å². The monoisotopic (exact) mass is 242 g/mol. The number of aromatic nitrogens is 3. The SMILES string of the molecule is CC(N)c1ncc(-c2nn(C)c3ccccc23)o1. The average Bonchev–Trinajstić information content (AvgIpc) is 2.95. The van der Waals surface area contributed by atoms with Crippen molar-refractivity contribution in [2.75, 3.05) is 0 Å². The number of nitrogens with zero attached hydrogens (tertiary/aromatic N) is 3. The molecule has 3 aromatic rings. The molecule has 0 aliphatic rings. The second-order valence-electron chi connectivity index (χ2n) is 4.34. The third-order valence-electron chi connectivity index (χ3n) is 2.90. The van der Waals surface area contributed by atoms with Crippen LogP contribution in [0.1, 0.15) is 18.9 Å². The van der Waals surface area contributed by atoms with Gasteiger partial charge in [0.2, 0.25) is 5.89 Å². The maximum Gasteiger partial charge on any atom is 0.211 e. The lowest BCUT2D eigenvalue weighted by atomic mass is 10.2. The summed E-state index contributed by atoms with van der Waals surface area (Å²) in [6.45, 7) is 1.84. The van der Waals surface area contributed by atoms with Gasteiger partial charge in [-0.15, -0.1) is 0 Å². The summed E-state index contributed by atoms with van der Waals surface area (Å²) in [6.07, 6.45) is 1.67. The summed E-state index contributed by atoms with van der Waals surface area (Å²) in [6, 6.07) is 7.80. The standard InChI is InChI=1S/C13H14N4O/c1-8(14)13-15-7-11(18-13)12-9-5-3-4-6-10(9)17(2)16-12/h3-8H,14H2,1-2H3. The lowest BCUT2D eigenvalue weighted by Crippen LogP contribution is -2.04. The van der Waals surface area contributed by atoms with E-state index < -0.39 is 0 Å². The first-order valence-electron chi connectivity index (χ1n) is 5.80. The van der Waals surface area contributed by atoms with Crippen LogP contribution in [0.2, 0.25) is 0 Å². The van der Waals surface area contributed by atoms with Crippen LogP contribution in [0, 0.1) is 0 Å². The molecule has 0 fully saturated rings. The molecule has 0 aliphatic heterocycles. The number of nitrogens with two attached hydrogens (primary N) is 1. The number of rotatable bonds is 2. The van der Waals surface area contributed by atoms with Crippen LogP contribution in [0.4, 0.5) is 0 Å². The van der Waals surface area contributed by atoms with E-state index >= 15 is 0 Å². The van der Waals surface area contributed by atoms with Gasteiger partial charge in [0.05, 0.1) is 17.8 Å². The summed E-state index contributed by atoms with van der Waals surface area (Å²) in [5, 5.41) is 5.52. The molecule has 0 radical (unpaired) electrons. The van der Waals surface area contributed by atoms with E-state index in [1.165, 1.54) is 0 Å². The van der Waals surface area contributed by atoms with Crippen LogP contribution in [0.25, 0.3) is 22.4 Å². The Morgan fingerprint density at radius 2 is 2.11 bits per heavy atom. The molecule has 1 aromatic carbocycles. The number of aryl methyl sites for hydroxylation is 1. The Hall–Kier alpha value is -2.14. The van der Waals surface area contributed by atoms with E-state index in [0.29, 0.717) is 11.7 Å². The molecule has 3 rings (SSSR count). The van der Waals surface area contributed by atoms with E-state index in [4.69, 9.17) is 10.2 Å². The van der Waals surface area contributed by atoms with Crippen LogP contribution >= 0.6 is 0 Å². The van der Waals surface area contributed by atoms with E-state index in [2.05, 4.69) is 10.1 Å². The van der Waals surface area contributed by atoms with Crippen LogP contribution < -0.4 is 5.73 Å². The van der Waals surface area contributed by atoms with Crippen LogP contribution in [-0.2, 0) is 7.05 Å². The molecular weight excluding hydrogens is 228 g/mol. The Kier molecular flexibility index (Phi) is 2.41. The summed E-state index contributed by atoms with van der Waals surface area (Å²) >= 11 is 0. The Morgan fingerprint density at radius 3 is 2.83 bits per heavy atom. The topological polar surface area (TPSA) is 69.9 Å². The smallest absolute Gasteiger partial charge is 0.211 e. The molecule has 0 spiro atoms. The van der Waals surface area contributed by atoms with Crippen LogP contribution in [0.3, 0.4) is 0 Å². The van der Waals surface area contributed by atoms with Crippen LogP contribution in [0.5, 0.6) is 0 Å². The van der Waals surface area contributed by atoms with Gasteiger partial charge in [-0.2, -0.15) is 5.10 Å². The van der Waals surface area contributed by atoms with Gasteiger partial charge in [0.15, 0.2) is 5.76 Å². The zero-order valence-corrected chi connectivity index (χ0v) is 10.3. The minimum atomic E-state index is -0.214. The minimum absolute atomic E-state index is 0.214. The molecule has 0 saturated heterocycles. The van der Waals surface area contributed by atoms with E-state index in [9.17, 15) is 0 Å². The Balaban J connectivity index is 2.19. The summed E-state index contributed by atoms with van der Waals surface area (Å²) in [5.41, 5.74) is 7.60. The predicted octanol–water partition coefficient (Wildman–Crippen LogP) is 2.25. The molecule has 2 N–H and O–H groups in total. The number of hydrogen-bond donors (Lipinski definition) is 1. The predicted molar refractivity (Wildman–Crippen MR) is 68.8 cm³/mol. The van der Waals surface area contributed by atoms with Crippen molar-refractivity contribution in [1.29, 1.82) is 0 Å². The zero-order valence-electron chi connectivity index (χ0n) is 10.3. The number of para-hydroxylation sites is 1. The molecule has 18 heavy (non-hydrogen) atoms. The first-order chi connectivity index (χ1) is 8.66. The molecule has 5 heteroatoms. The van der Waals surface area contributed by atoms with Gasteiger partial charge in [-0.3, -0.25) is 4.68 Å². The van der Waals surface area contributed by atoms with Gasteiger partial charge in [0, 0.05) is 12.4 Å². The fraction of sp³-hybridized carbons (Fsp3) is 0.231. The Bertz CT molecular complexity index is 696. The van der Waals surface area contributed by atoms with Crippen LogP contribution in [-0.4, -0.2) is 14.8 Å². The molecule has 5 nitrogen and oxygen atoms in total. The van der Waals surface area contributed by atoms with Crippen molar-refractivity contribution in [2.24, 2.45) is 12.8 Å². The Labute approximate surface area is 104 Å². The maximum atomic E-state index is 5.74. The first-order valence-corrected chi connectivity index (χ1v) is 5.80. The van der Waals surface area contributed by atoms with Crippen molar-refractivity contribution in [2.45, 2.75) is 13.0 Å². The molecule has 2 aromatic heterocycles. The third-order valence-corrected chi connectivity index (χ3v) is 2.90. The van der Waals surface area contributed by atoms with Gasteiger partial charge >= 0.3 is 0 Å². The van der Waals surface area contributed by atoms with Crippen molar-refractivity contribution >= 4 is 10.9 Å². The summed E-state index contributed by atoms with van der Waals surface area (Å²) < 4.78 is 7.47. The Morgan fingerprint density at radius 1 is 1.33 bits per heavy atom. The molecule has 0 saturated carbocycles. The summed E-state index contributed by atoms with van der Waals surface area (Å²) in [5.74, 6) is 1.18. The van der Waals surface area contributed by atoms with Gasteiger partial charge < -0.3 is 10.2 Å². The lowest BCUT2D eigenvalue weighted by molar-refractivity contribution is 0.472. The largest absolute Gasteiger partial charge is 0.437 e. The summed E-state index contributed by atoms with van der Waals surface area (Å²) in [4.78, 5) is 4.17. The fourth-order valence-corrected chi connectivity index (χ4v) is 2.00. The fourth-order valence-electron chi connectivity index (χ4n) is 2.00. The van der Waals surface area contributed by atoms with E-state index in [0.717, 1.165) is 16.6 Å². The zero-order chi connectivity index (χ0) is 12.7. The minimum Gasteiger partial charge on any atom is -0.437 e. The highest BCUT2D eigenvalue weighted by atomic mass is 16.4. The average molecular weight is 242 g/mol. The molecule has 0 amide bonds. The van der Waals surface area contributed by atoms with E-state index in [1.54, 1.807) is 6.20 Å². The molecule has 2 heterocycles. The van der Waals surface area contributed by atoms with Crippen molar-refractivity contribution in [3.63, 3.8) is 0 Å². The molecule has 1 atom stereocenters. The highest BCUT2D eigenvalue weighted by molar-refractivity contribution is 5.91. The van der Waals surface area contributed by atoms with Gasteiger partial charge in [0.25, 0.3) is 0 Å². The van der Waals surface area contributed by atoms with Gasteiger partial charge in [-0.25, -0.2) is 4.98 Å². The molecular formula is C13H14N4O. The lowest BCUT2D eigenvalue weighted by Gasteiger charge is -1.96. The van der Waals surface area contributed by atoms with Gasteiger partial charge in [0.1, 0.15) is 5.69 Å². The van der Waals surface area contributed by atoms with Crippen molar-refractivity contribution < 1.29 is 4.42 Å². The highest BCUT2D eigenvalue weighted by Crippen LogP contribution is 2.28. The van der Waals surface area contributed by atoms with Crippen molar-refractivity contribution in [1.82, 2.24) is 14.8 Å². The molecule has 92 valence electrons. The second-order valence-corrected chi connectivity index (χ2v) is 4.34. The maximum absolute atomic E-state index is 5.74. The second kappa shape index (κ2) is 3.96. The quantitative estimate of drug-likeness (QED) is 0.748. The van der Waals surface area contributed by atoms with Crippen molar-refractivity contribution in [3.05, 3.63) is 36.4 Å². The van der Waals surface area contributed by atoms with E-state index in [-0.39, 0.29) is 6.04 Å². The van der Waals surface area contributed by atoms with Crippen molar-refractivity contribution in [3.8, 4) is 11.5 Å². The molecule has 1 unspecified atom stereocenters.